The van der Waals surface area contributed by atoms with Crippen molar-refractivity contribution in [3.8, 4) is 0 Å². The number of pyridine rings is 1. The fraction of sp³-hybridized carbons (Fsp3) is 0.353. The number of benzene rings is 1. The highest BCUT2D eigenvalue weighted by atomic mass is 19.1. The van der Waals surface area contributed by atoms with Gasteiger partial charge in [0, 0.05) is 25.0 Å². The lowest BCUT2D eigenvalue weighted by Gasteiger charge is -2.19. The van der Waals surface area contributed by atoms with Crippen molar-refractivity contribution < 1.29 is 4.39 Å². The molecule has 0 radical (unpaired) electrons. The van der Waals surface area contributed by atoms with E-state index in [9.17, 15) is 4.39 Å². The van der Waals surface area contributed by atoms with Gasteiger partial charge in [-0.05, 0) is 49.7 Å². The van der Waals surface area contributed by atoms with E-state index in [0.717, 1.165) is 36.7 Å². The maximum atomic E-state index is 13.3. The standard InChI is InChI=1S/C17H22FN3/c1-4-10-19-12-14-8-9-17(20-13(14)2)21(3)16-7-5-6-15(18)11-16/h5-9,11,19H,4,10,12H2,1-3H3. The average molecular weight is 287 g/mol. The molecule has 0 bridgehead atoms. The second-order valence-corrected chi connectivity index (χ2v) is 5.13. The van der Waals surface area contributed by atoms with Gasteiger partial charge >= 0.3 is 0 Å². The number of halogens is 1. The Labute approximate surface area is 125 Å². The van der Waals surface area contributed by atoms with E-state index >= 15 is 0 Å². The van der Waals surface area contributed by atoms with Crippen LogP contribution in [0.5, 0.6) is 0 Å². The zero-order valence-corrected chi connectivity index (χ0v) is 12.9. The lowest BCUT2D eigenvalue weighted by atomic mass is 10.2. The van der Waals surface area contributed by atoms with Crippen molar-refractivity contribution in [1.82, 2.24) is 10.3 Å². The van der Waals surface area contributed by atoms with Gasteiger partial charge in [-0.1, -0.05) is 19.1 Å². The van der Waals surface area contributed by atoms with Crippen LogP contribution in [-0.2, 0) is 6.54 Å². The first-order chi connectivity index (χ1) is 10.1. The maximum absolute atomic E-state index is 13.3. The van der Waals surface area contributed by atoms with Gasteiger partial charge < -0.3 is 10.2 Å². The van der Waals surface area contributed by atoms with E-state index in [4.69, 9.17) is 0 Å². The topological polar surface area (TPSA) is 28.2 Å². The molecule has 1 N–H and O–H groups in total. The molecule has 3 nitrogen and oxygen atoms in total. The van der Waals surface area contributed by atoms with E-state index < -0.39 is 0 Å². The zero-order chi connectivity index (χ0) is 15.2. The van der Waals surface area contributed by atoms with Crippen molar-refractivity contribution in [3.05, 3.63) is 53.5 Å². The van der Waals surface area contributed by atoms with Crippen LogP contribution in [0, 0.1) is 12.7 Å². The SMILES string of the molecule is CCCNCc1ccc(N(C)c2cccc(F)c2)nc1C. The summed E-state index contributed by atoms with van der Waals surface area (Å²) < 4.78 is 13.3. The van der Waals surface area contributed by atoms with Gasteiger partial charge in [-0.25, -0.2) is 9.37 Å². The Morgan fingerprint density at radius 2 is 2.05 bits per heavy atom. The summed E-state index contributed by atoms with van der Waals surface area (Å²) >= 11 is 0. The molecule has 4 heteroatoms. The van der Waals surface area contributed by atoms with Gasteiger partial charge in [-0.3, -0.25) is 0 Å². The molecule has 0 saturated heterocycles. The Morgan fingerprint density at radius 1 is 1.24 bits per heavy atom. The number of anilines is 2. The number of aromatic nitrogens is 1. The van der Waals surface area contributed by atoms with Crippen molar-refractivity contribution in [1.29, 1.82) is 0 Å². The summed E-state index contributed by atoms with van der Waals surface area (Å²) in [5, 5.41) is 3.38. The van der Waals surface area contributed by atoms with Crippen LogP contribution in [0.15, 0.2) is 36.4 Å². The van der Waals surface area contributed by atoms with Crippen molar-refractivity contribution in [3.63, 3.8) is 0 Å². The minimum Gasteiger partial charge on any atom is -0.329 e. The number of nitrogens with zero attached hydrogens (tertiary/aromatic N) is 2. The summed E-state index contributed by atoms with van der Waals surface area (Å²) in [5.41, 5.74) is 2.98. The molecule has 0 amide bonds. The fourth-order valence-electron chi connectivity index (χ4n) is 2.17. The summed E-state index contributed by atoms with van der Waals surface area (Å²) in [6, 6.07) is 10.6. The molecule has 2 aromatic rings. The molecule has 0 fully saturated rings. The molecule has 0 unspecified atom stereocenters. The molecule has 0 atom stereocenters. The first-order valence-corrected chi connectivity index (χ1v) is 7.28. The molecule has 1 aromatic carbocycles. The molecule has 0 aliphatic rings. The normalized spacial score (nSPS) is 10.7. The van der Waals surface area contributed by atoms with Crippen molar-refractivity contribution in [2.75, 3.05) is 18.5 Å². The molecule has 1 aromatic heterocycles. The van der Waals surface area contributed by atoms with Crippen molar-refractivity contribution in [2.45, 2.75) is 26.8 Å². The number of aryl methyl sites for hydroxylation is 1. The van der Waals surface area contributed by atoms with E-state index in [1.165, 1.54) is 17.7 Å². The van der Waals surface area contributed by atoms with Gasteiger partial charge in [0.1, 0.15) is 11.6 Å². The van der Waals surface area contributed by atoms with Gasteiger partial charge in [-0.15, -0.1) is 0 Å². The Kier molecular flexibility index (Phi) is 5.28. The van der Waals surface area contributed by atoms with E-state index in [1.807, 2.05) is 31.0 Å². The molecule has 0 aliphatic carbocycles. The average Bonchev–Trinajstić information content (AvgIpc) is 2.48. The third kappa shape index (κ3) is 4.02. The molecule has 1 heterocycles. The number of nitrogens with one attached hydrogen (secondary N) is 1. The van der Waals surface area contributed by atoms with Gasteiger partial charge in [0.2, 0.25) is 0 Å². The van der Waals surface area contributed by atoms with Crippen LogP contribution >= 0.6 is 0 Å². The Morgan fingerprint density at radius 3 is 2.71 bits per heavy atom. The third-order valence-electron chi connectivity index (χ3n) is 3.46. The minimum atomic E-state index is -0.239. The highest BCUT2D eigenvalue weighted by Gasteiger charge is 2.08. The zero-order valence-electron chi connectivity index (χ0n) is 12.9. The highest BCUT2D eigenvalue weighted by Crippen LogP contribution is 2.23. The second-order valence-electron chi connectivity index (χ2n) is 5.13. The van der Waals surface area contributed by atoms with E-state index in [2.05, 4.69) is 23.3 Å². The lowest BCUT2D eigenvalue weighted by Crippen LogP contribution is -2.16. The van der Waals surface area contributed by atoms with E-state index in [1.54, 1.807) is 6.07 Å². The van der Waals surface area contributed by atoms with Gasteiger partial charge in [-0.2, -0.15) is 0 Å². The maximum Gasteiger partial charge on any atom is 0.132 e. The van der Waals surface area contributed by atoms with Crippen LogP contribution in [0.3, 0.4) is 0 Å². The van der Waals surface area contributed by atoms with Crippen LogP contribution < -0.4 is 10.2 Å². The summed E-state index contributed by atoms with van der Waals surface area (Å²) in [6.07, 6.45) is 1.12. The van der Waals surface area contributed by atoms with Gasteiger partial charge in [0.15, 0.2) is 0 Å². The third-order valence-corrected chi connectivity index (χ3v) is 3.46. The largest absolute Gasteiger partial charge is 0.329 e. The van der Waals surface area contributed by atoms with Crippen molar-refractivity contribution >= 4 is 11.5 Å². The molecule has 0 saturated carbocycles. The fourth-order valence-corrected chi connectivity index (χ4v) is 2.17. The monoisotopic (exact) mass is 287 g/mol. The predicted molar refractivity (Wildman–Crippen MR) is 85.4 cm³/mol. The van der Waals surface area contributed by atoms with E-state index in [0.29, 0.717) is 0 Å². The molecule has 0 aliphatic heterocycles. The number of hydrogen-bond donors (Lipinski definition) is 1. The van der Waals surface area contributed by atoms with Gasteiger partial charge in [0.25, 0.3) is 0 Å². The first kappa shape index (κ1) is 15.4. The highest BCUT2D eigenvalue weighted by molar-refractivity contribution is 5.59. The Hall–Kier alpha value is -1.94. The summed E-state index contributed by atoms with van der Waals surface area (Å²) in [6.45, 7) is 5.99. The summed E-state index contributed by atoms with van der Waals surface area (Å²) in [4.78, 5) is 6.51. The molecular weight excluding hydrogens is 265 g/mol. The van der Waals surface area contributed by atoms with Gasteiger partial charge in [0.05, 0.1) is 0 Å². The lowest BCUT2D eigenvalue weighted by molar-refractivity contribution is 0.628. The summed E-state index contributed by atoms with van der Waals surface area (Å²) in [5.74, 6) is 0.578. The molecular formula is C17H22FN3. The Bertz CT molecular complexity index is 598. The van der Waals surface area contributed by atoms with Crippen LogP contribution in [-0.4, -0.2) is 18.6 Å². The van der Waals surface area contributed by atoms with Crippen LogP contribution in [0.1, 0.15) is 24.6 Å². The van der Waals surface area contributed by atoms with Crippen LogP contribution in [0.4, 0.5) is 15.9 Å². The van der Waals surface area contributed by atoms with Crippen LogP contribution in [0.25, 0.3) is 0 Å². The molecule has 0 spiro atoms. The first-order valence-electron chi connectivity index (χ1n) is 7.28. The molecule has 21 heavy (non-hydrogen) atoms. The van der Waals surface area contributed by atoms with E-state index in [-0.39, 0.29) is 5.82 Å². The number of rotatable bonds is 6. The molecule has 112 valence electrons. The van der Waals surface area contributed by atoms with Crippen LogP contribution in [0.2, 0.25) is 0 Å². The van der Waals surface area contributed by atoms with Crippen molar-refractivity contribution in [2.24, 2.45) is 0 Å². The molecule has 2 rings (SSSR count). The quantitative estimate of drug-likeness (QED) is 0.819. The minimum absolute atomic E-state index is 0.239. The number of hydrogen-bond acceptors (Lipinski definition) is 3. The second kappa shape index (κ2) is 7.18. The predicted octanol–water partition coefficient (Wildman–Crippen LogP) is 3.80. The summed E-state index contributed by atoms with van der Waals surface area (Å²) in [7, 11) is 1.89. The smallest absolute Gasteiger partial charge is 0.132 e. The Balaban J connectivity index is 2.15.